The number of aryl methyl sites for hydroxylation is 1. The summed E-state index contributed by atoms with van der Waals surface area (Å²) in [6, 6.07) is 2.74. The lowest BCUT2D eigenvalue weighted by Crippen LogP contribution is -2.33. The van der Waals surface area contributed by atoms with Gasteiger partial charge in [-0.15, -0.1) is 0 Å². The molecule has 1 amide bonds. The molecule has 0 saturated heterocycles. The van der Waals surface area contributed by atoms with Crippen LogP contribution >= 0.6 is 0 Å². The Morgan fingerprint density at radius 2 is 1.96 bits per heavy atom. The summed E-state index contributed by atoms with van der Waals surface area (Å²) in [5, 5.41) is 2.83. The molecule has 0 radical (unpaired) electrons. The molecule has 1 saturated carbocycles. The summed E-state index contributed by atoms with van der Waals surface area (Å²) >= 11 is 0. The Morgan fingerprint density at radius 1 is 1.29 bits per heavy atom. The van der Waals surface area contributed by atoms with Crippen LogP contribution in [0.5, 0.6) is 0 Å². The average Bonchev–Trinajstić information content (AvgIpc) is 2.93. The van der Waals surface area contributed by atoms with Gasteiger partial charge in [0.1, 0.15) is 0 Å². The summed E-state index contributed by atoms with van der Waals surface area (Å²) in [6.45, 7) is 7.40. The van der Waals surface area contributed by atoms with Gasteiger partial charge in [0, 0.05) is 43.1 Å². The van der Waals surface area contributed by atoms with Crippen molar-refractivity contribution < 1.29 is 13.2 Å². The molecule has 0 spiro atoms. The molecule has 0 aliphatic heterocycles. The van der Waals surface area contributed by atoms with Crippen LogP contribution in [0.4, 0.5) is 0 Å². The van der Waals surface area contributed by atoms with Gasteiger partial charge in [-0.05, 0) is 50.8 Å². The zero-order valence-corrected chi connectivity index (χ0v) is 18.5. The number of nitrogens with one attached hydrogen (secondary N) is 1. The first-order chi connectivity index (χ1) is 13.2. The molecule has 1 aliphatic rings. The van der Waals surface area contributed by atoms with Crippen LogP contribution in [-0.2, 0) is 14.8 Å². The zero-order chi connectivity index (χ0) is 20.7. The van der Waals surface area contributed by atoms with Crippen LogP contribution < -0.4 is 5.32 Å². The third kappa shape index (κ3) is 6.21. The van der Waals surface area contributed by atoms with Crippen molar-refractivity contribution >= 4 is 22.0 Å². The van der Waals surface area contributed by atoms with Gasteiger partial charge >= 0.3 is 0 Å². The predicted octanol–water partition coefficient (Wildman–Crippen LogP) is 3.41. The van der Waals surface area contributed by atoms with E-state index in [1.807, 2.05) is 13.0 Å². The molecule has 0 unspecified atom stereocenters. The number of hydrogen-bond acceptors (Lipinski definition) is 3. The third-order valence-corrected chi connectivity index (χ3v) is 6.96. The molecule has 0 bridgehead atoms. The molecular formula is C21H35N3O3S. The van der Waals surface area contributed by atoms with E-state index in [1.165, 1.54) is 54.1 Å². The van der Waals surface area contributed by atoms with Gasteiger partial charge in [0.25, 0.3) is 0 Å². The van der Waals surface area contributed by atoms with Crippen LogP contribution in [0, 0.1) is 13.8 Å². The molecule has 1 N–H and O–H groups in total. The van der Waals surface area contributed by atoms with E-state index in [0.717, 1.165) is 5.56 Å². The minimum absolute atomic E-state index is 0.148. The number of carbonyl (C=O) groups is 1. The van der Waals surface area contributed by atoms with Gasteiger partial charge in [-0.25, -0.2) is 12.7 Å². The standard InChI is InChI=1S/C21H35N3O3S/c1-5-23(28(4,26)27)15-9-14-22-21(25)13-12-19-16-17(2)24(18(19)3)20-10-7-6-8-11-20/h12-13,16,20H,5-11,14-15H2,1-4H3,(H,22,25)/b13-12+. The van der Waals surface area contributed by atoms with E-state index < -0.39 is 10.0 Å². The van der Waals surface area contributed by atoms with Crippen molar-refractivity contribution in [2.75, 3.05) is 25.9 Å². The Bertz CT molecular complexity index is 790. The number of rotatable bonds is 9. The van der Waals surface area contributed by atoms with Gasteiger partial charge in [-0.1, -0.05) is 26.2 Å². The van der Waals surface area contributed by atoms with Crippen molar-refractivity contribution in [3.8, 4) is 0 Å². The zero-order valence-electron chi connectivity index (χ0n) is 17.7. The highest BCUT2D eigenvalue weighted by Crippen LogP contribution is 2.32. The Labute approximate surface area is 170 Å². The van der Waals surface area contributed by atoms with Gasteiger partial charge in [-0.3, -0.25) is 4.79 Å². The van der Waals surface area contributed by atoms with Crippen LogP contribution in [0.1, 0.15) is 68.4 Å². The molecule has 1 heterocycles. The minimum atomic E-state index is -3.17. The summed E-state index contributed by atoms with van der Waals surface area (Å²) in [6.07, 6.45) is 11.7. The van der Waals surface area contributed by atoms with E-state index in [4.69, 9.17) is 0 Å². The van der Waals surface area contributed by atoms with E-state index in [0.29, 0.717) is 32.1 Å². The van der Waals surface area contributed by atoms with Crippen molar-refractivity contribution in [3.63, 3.8) is 0 Å². The van der Waals surface area contributed by atoms with E-state index in [2.05, 4.69) is 29.8 Å². The molecule has 158 valence electrons. The van der Waals surface area contributed by atoms with E-state index in [-0.39, 0.29) is 5.91 Å². The molecule has 6 nitrogen and oxygen atoms in total. The maximum atomic E-state index is 12.1. The summed E-state index contributed by atoms with van der Waals surface area (Å²) in [5.74, 6) is -0.148. The maximum absolute atomic E-state index is 12.1. The first-order valence-electron chi connectivity index (χ1n) is 10.3. The topological polar surface area (TPSA) is 71.4 Å². The number of nitrogens with zero attached hydrogens (tertiary/aromatic N) is 2. The molecule has 1 aliphatic carbocycles. The molecular weight excluding hydrogens is 374 g/mol. The van der Waals surface area contributed by atoms with Crippen molar-refractivity contribution in [3.05, 3.63) is 29.1 Å². The van der Waals surface area contributed by atoms with Gasteiger partial charge in [0.2, 0.25) is 15.9 Å². The van der Waals surface area contributed by atoms with Crippen LogP contribution in [-0.4, -0.2) is 49.1 Å². The highest BCUT2D eigenvalue weighted by Gasteiger charge is 2.19. The lowest BCUT2D eigenvalue weighted by Gasteiger charge is -2.26. The predicted molar refractivity (Wildman–Crippen MR) is 115 cm³/mol. The van der Waals surface area contributed by atoms with Crippen molar-refractivity contribution in [2.45, 2.75) is 65.3 Å². The van der Waals surface area contributed by atoms with Gasteiger partial charge < -0.3 is 9.88 Å². The second-order valence-corrected chi connectivity index (χ2v) is 9.70. The van der Waals surface area contributed by atoms with Crippen molar-refractivity contribution in [1.29, 1.82) is 0 Å². The normalized spacial score (nSPS) is 16.2. The average molecular weight is 410 g/mol. The largest absolute Gasteiger partial charge is 0.353 e. The molecule has 1 fully saturated rings. The first-order valence-corrected chi connectivity index (χ1v) is 12.2. The highest BCUT2D eigenvalue weighted by atomic mass is 32.2. The van der Waals surface area contributed by atoms with Gasteiger partial charge in [0.05, 0.1) is 6.26 Å². The number of hydrogen-bond donors (Lipinski definition) is 1. The molecule has 1 aromatic rings. The molecule has 0 aromatic carbocycles. The summed E-state index contributed by atoms with van der Waals surface area (Å²) in [7, 11) is -3.17. The lowest BCUT2D eigenvalue weighted by atomic mass is 9.95. The van der Waals surface area contributed by atoms with Crippen LogP contribution in [0.15, 0.2) is 12.1 Å². The number of amides is 1. The second-order valence-electron chi connectivity index (χ2n) is 7.72. The van der Waals surface area contributed by atoms with Gasteiger partial charge in [0.15, 0.2) is 0 Å². The highest BCUT2D eigenvalue weighted by molar-refractivity contribution is 7.88. The SMILES string of the molecule is CCN(CCCNC(=O)/C=C/c1cc(C)n(C2CCCCC2)c1C)S(C)(=O)=O. The van der Waals surface area contributed by atoms with Crippen LogP contribution in [0.2, 0.25) is 0 Å². The second kappa shape index (κ2) is 10.3. The number of aromatic nitrogens is 1. The summed E-state index contributed by atoms with van der Waals surface area (Å²) in [4.78, 5) is 12.1. The van der Waals surface area contributed by atoms with E-state index in [9.17, 15) is 13.2 Å². The maximum Gasteiger partial charge on any atom is 0.244 e. The molecule has 1 aromatic heterocycles. The van der Waals surface area contributed by atoms with E-state index in [1.54, 1.807) is 6.08 Å². The fourth-order valence-corrected chi connectivity index (χ4v) is 5.05. The first kappa shape index (κ1) is 22.7. The fraction of sp³-hybridized carbons (Fsp3) is 0.667. The van der Waals surface area contributed by atoms with Gasteiger partial charge in [-0.2, -0.15) is 0 Å². The Kier molecular flexibility index (Phi) is 8.31. The smallest absolute Gasteiger partial charge is 0.244 e. The lowest BCUT2D eigenvalue weighted by molar-refractivity contribution is -0.116. The summed E-state index contributed by atoms with van der Waals surface area (Å²) in [5.41, 5.74) is 3.57. The molecule has 0 atom stereocenters. The Hall–Kier alpha value is -1.60. The molecule has 7 heteroatoms. The number of sulfonamides is 1. The van der Waals surface area contributed by atoms with Crippen LogP contribution in [0.3, 0.4) is 0 Å². The monoisotopic (exact) mass is 409 g/mol. The van der Waals surface area contributed by atoms with Crippen molar-refractivity contribution in [1.82, 2.24) is 14.2 Å². The van der Waals surface area contributed by atoms with E-state index >= 15 is 0 Å². The minimum Gasteiger partial charge on any atom is -0.353 e. The van der Waals surface area contributed by atoms with Crippen molar-refractivity contribution in [2.24, 2.45) is 0 Å². The Morgan fingerprint density at radius 3 is 2.57 bits per heavy atom. The summed E-state index contributed by atoms with van der Waals surface area (Å²) < 4.78 is 26.9. The molecule has 28 heavy (non-hydrogen) atoms. The Balaban J connectivity index is 1.87. The fourth-order valence-electron chi connectivity index (χ4n) is 4.12. The van der Waals surface area contributed by atoms with Crippen LogP contribution in [0.25, 0.3) is 6.08 Å². The quantitative estimate of drug-likeness (QED) is 0.502. The third-order valence-electron chi connectivity index (χ3n) is 5.58. The molecule has 2 rings (SSSR count). The number of carbonyl (C=O) groups excluding carboxylic acids is 1.